The van der Waals surface area contributed by atoms with Crippen molar-refractivity contribution in [2.24, 2.45) is 0 Å². The Hall–Kier alpha value is -2.95. The highest BCUT2D eigenvalue weighted by Crippen LogP contribution is 2.24. The Morgan fingerprint density at radius 3 is 2.81 bits per heavy atom. The Labute approximate surface area is 159 Å². The number of nitrogens with one attached hydrogen (secondary N) is 1. The molecular formula is C22H24N4O. The minimum Gasteiger partial charge on any atom is -0.365 e. The Bertz CT molecular complexity index is 980. The Kier molecular flexibility index (Phi) is 4.75. The fraction of sp³-hybridized carbons (Fsp3) is 0.318. The molecule has 1 aromatic heterocycles. The second-order valence-corrected chi connectivity index (χ2v) is 7.10. The van der Waals surface area contributed by atoms with E-state index in [1.165, 1.54) is 16.3 Å². The van der Waals surface area contributed by atoms with Crippen LogP contribution in [0.5, 0.6) is 0 Å². The van der Waals surface area contributed by atoms with E-state index in [1.807, 2.05) is 30.2 Å². The summed E-state index contributed by atoms with van der Waals surface area (Å²) in [6.45, 7) is 5.30. The molecule has 0 radical (unpaired) electrons. The number of likely N-dealkylation sites (tertiary alicyclic amines) is 1. The molecule has 1 aliphatic rings. The van der Waals surface area contributed by atoms with Gasteiger partial charge in [0, 0.05) is 31.3 Å². The number of rotatable bonds is 5. The number of carbonyl (C=O) groups excluding carboxylic acids is 1. The largest absolute Gasteiger partial charge is 0.365 e. The Morgan fingerprint density at radius 2 is 1.96 bits per heavy atom. The van der Waals surface area contributed by atoms with Gasteiger partial charge < -0.3 is 10.2 Å². The van der Waals surface area contributed by atoms with Crippen LogP contribution in [0.1, 0.15) is 30.3 Å². The Morgan fingerprint density at radius 1 is 1.15 bits per heavy atom. The molecule has 0 unspecified atom stereocenters. The number of benzene rings is 2. The maximum atomic E-state index is 12.6. The quantitative estimate of drug-likeness (QED) is 0.753. The molecule has 27 heavy (non-hydrogen) atoms. The maximum Gasteiger partial charge on any atom is 0.225 e. The first-order valence-electron chi connectivity index (χ1n) is 9.47. The molecule has 2 heterocycles. The number of aromatic nitrogens is 2. The van der Waals surface area contributed by atoms with E-state index in [1.54, 1.807) is 0 Å². The zero-order valence-electron chi connectivity index (χ0n) is 15.8. The van der Waals surface area contributed by atoms with E-state index in [9.17, 15) is 4.79 Å². The van der Waals surface area contributed by atoms with Crippen molar-refractivity contribution < 1.29 is 4.79 Å². The predicted molar refractivity (Wildman–Crippen MR) is 108 cm³/mol. The second-order valence-electron chi connectivity index (χ2n) is 7.10. The summed E-state index contributed by atoms with van der Waals surface area (Å²) in [5.74, 6) is 1.78. The van der Waals surface area contributed by atoms with Crippen molar-refractivity contribution in [3.8, 4) is 0 Å². The van der Waals surface area contributed by atoms with Gasteiger partial charge in [-0.2, -0.15) is 0 Å². The molecule has 0 spiro atoms. The molecule has 1 amide bonds. The fourth-order valence-electron chi connectivity index (χ4n) is 3.73. The number of nitrogens with zero attached hydrogens (tertiary/aromatic N) is 3. The van der Waals surface area contributed by atoms with Crippen LogP contribution in [0.15, 0.2) is 48.7 Å². The van der Waals surface area contributed by atoms with Gasteiger partial charge in [0.2, 0.25) is 5.91 Å². The van der Waals surface area contributed by atoms with Gasteiger partial charge in [0.25, 0.3) is 0 Å². The van der Waals surface area contributed by atoms with Crippen LogP contribution in [0, 0.1) is 6.92 Å². The predicted octanol–water partition coefficient (Wildman–Crippen LogP) is 3.71. The van der Waals surface area contributed by atoms with Crippen LogP contribution in [-0.2, 0) is 17.8 Å². The number of hydrogen-bond donors (Lipinski definition) is 1. The summed E-state index contributed by atoms with van der Waals surface area (Å²) in [6.07, 6.45) is 3.23. The van der Waals surface area contributed by atoms with Crippen LogP contribution in [0.4, 0.5) is 5.82 Å². The fourth-order valence-corrected chi connectivity index (χ4v) is 3.73. The van der Waals surface area contributed by atoms with Crippen molar-refractivity contribution in [2.45, 2.75) is 39.3 Å². The van der Waals surface area contributed by atoms with E-state index < -0.39 is 0 Å². The molecule has 138 valence electrons. The normalized spacial score (nSPS) is 16.9. The van der Waals surface area contributed by atoms with Crippen LogP contribution in [0.2, 0.25) is 0 Å². The van der Waals surface area contributed by atoms with Gasteiger partial charge in [-0.3, -0.25) is 4.79 Å². The highest BCUT2D eigenvalue weighted by Gasteiger charge is 2.30. The van der Waals surface area contributed by atoms with Crippen molar-refractivity contribution in [3.05, 3.63) is 65.6 Å². The van der Waals surface area contributed by atoms with E-state index in [0.717, 1.165) is 23.6 Å². The number of fused-ring (bicyclic) bond motifs is 1. The first-order chi connectivity index (χ1) is 13.1. The highest BCUT2D eigenvalue weighted by atomic mass is 16.2. The molecule has 1 atom stereocenters. The Balaban J connectivity index is 1.50. The van der Waals surface area contributed by atoms with E-state index >= 15 is 0 Å². The molecule has 5 heteroatoms. The summed E-state index contributed by atoms with van der Waals surface area (Å²) >= 11 is 0. The molecule has 0 bridgehead atoms. The van der Waals surface area contributed by atoms with E-state index in [4.69, 9.17) is 0 Å². The van der Waals surface area contributed by atoms with E-state index in [0.29, 0.717) is 19.5 Å². The molecule has 0 saturated carbocycles. The smallest absolute Gasteiger partial charge is 0.225 e. The van der Waals surface area contributed by atoms with Gasteiger partial charge in [-0.05, 0) is 29.7 Å². The molecule has 1 N–H and O–H groups in total. The lowest BCUT2D eigenvalue weighted by atomic mass is 10.0. The van der Waals surface area contributed by atoms with Crippen LogP contribution >= 0.6 is 0 Å². The molecule has 0 aliphatic carbocycles. The summed E-state index contributed by atoms with van der Waals surface area (Å²) in [6, 6.07) is 14.7. The molecule has 1 fully saturated rings. The van der Waals surface area contributed by atoms with Gasteiger partial charge in [0.15, 0.2) is 0 Å². The maximum absolute atomic E-state index is 12.6. The number of aryl methyl sites for hydroxylation is 2. The molecule has 5 nitrogen and oxygen atoms in total. The van der Waals surface area contributed by atoms with Crippen LogP contribution in [0.3, 0.4) is 0 Å². The molecule has 1 aliphatic heterocycles. The minimum atomic E-state index is 0.0760. The highest BCUT2D eigenvalue weighted by molar-refractivity contribution is 5.86. The van der Waals surface area contributed by atoms with Crippen molar-refractivity contribution in [3.63, 3.8) is 0 Å². The summed E-state index contributed by atoms with van der Waals surface area (Å²) < 4.78 is 0. The van der Waals surface area contributed by atoms with Crippen molar-refractivity contribution >= 4 is 22.5 Å². The van der Waals surface area contributed by atoms with Gasteiger partial charge in [-0.25, -0.2) is 9.97 Å². The van der Waals surface area contributed by atoms with Crippen LogP contribution in [-0.4, -0.2) is 33.4 Å². The molecule has 3 aromatic rings. The van der Waals surface area contributed by atoms with Gasteiger partial charge in [-0.1, -0.05) is 49.4 Å². The molecule has 2 aromatic carbocycles. The van der Waals surface area contributed by atoms with Gasteiger partial charge in [0.05, 0.1) is 6.04 Å². The van der Waals surface area contributed by atoms with Crippen molar-refractivity contribution in [2.75, 3.05) is 11.9 Å². The lowest BCUT2D eigenvalue weighted by molar-refractivity contribution is -0.128. The summed E-state index contributed by atoms with van der Waals surface area (Å²) in [5.41, 5.74) is 2.27. The summed E-state index contributed by atoms with van der Waals surface area (Å²) in [4.78, 5) is 23.3. The third kappa shape index (κ3) is 3.63. The molecule has 4 rings (SSSR count). The second kappa shape index (κ2) is 7.35. The standard InChI is InChI=1S/C22H24N4O/c1-3-16-12-23-15(2)24-22(16)25-19-11-21(27)26(14-19)13-18-9-6-8-17-7-4-5-10-20(17)18/h4-10,12,19H,3,11,13-14H2,1-2H3,(H,23,24,25)/t19-/m0/s1. The van der Waals surface area contributed by atoms with E-state index in [-0.39, 0.29) is 11.9 Å². The number of hydrogen-bond acceptors (Lipinski definition) is 4. The topological polar surface area (TPSA) is 58.1 Å². The average molecular weight is 360 g/mol. The van der Waals surface area contributed by atoms with E-state index in [2.05, 4.69) is 52.5 Å². The lowest BCUT2D eigenvalue weighted by Gasteiger charge is -2.19. The SMILES string of the molecule is CCc1cnc(C)nc1N[C@H]1CC(=O)N(Cc2cccc3ccccc23)C1. The third-order valence-corrected chi connectivity index (χ3v) is 5.16. The lowest BCUT2D eigenvalue weighted by Crippen LogP contribution is -2.28. The van der Waals surface area contributed by atoms with Crippen molar-refractivity contribution in [1.29, 1.82) is 0 Å². The van der Waals surface area contributed by atoms with Crippen LogP contribution in [0.25, 0.3) is 10.8 Å². The summed E-state index contributed by atoms with van der Waals surface area (Å²) in [5, 5.41) is 5.89. The zero-order valence-corrected chi connectivity index (χ0v) is 15.8. The zero-order chi connectivity index (χ0) is 18.8. The number of carbonyl (C=O) groups is 1. The number of amides is 1. The van der Waals surface area contributed by atoms with Crippen molar-refractivity contribution in [1.82, 2.24) is 14.9 Å². The first kappa shape index (κ1) is 17.5. The molecule has 1 saturated heterocycles. The first-order valence-corrected chi connectivity index (χ1v) is 9.47. The molecular weight excluding hydrogens is 336 g/mol. The van der Waals surface area contributed by atoms with Gasteiger partial charge >= 0.3 is 0 Å². The minimum absolute atomic E-state index is 0.0760. The van der Waals surface area contributed by atoms with Gasteiger partial charge in [-0.15, -0.1) is 0 Å². The van der Waals surface area contributed by atoms with Crippen LogP contribution < -0.4 is 5.32 Å². The summed E-state index contributed by atoms with van der Waals surface area (Å²) in [7, 11) is 0. The average Bonchev–Trinajstić information content (AvgIpc) is 3.01. The third-order valence-electron chi connectivity index (χ3n) is 5.16. The van der Waals surface area contributed by atoms with Gasteiger partial charge in [0.1, 0.15) is 11.6 Å². The number of anilines is 1. The monoisotopic (exact) mass is 360 g/mol.